The van der Waals surface area contributed by atoms with Crippen molar-refractivity contribution in [3.63, 3.8) is 0 Å². The Morgan fingerprint density at radius 3 is 2.61 bits per heavy atom. The molecule has 0 aliphatic carbocycles. The number of thioether (sulfide) groups is 1. The van der Waals surface area contributed by atoms with Crippen molar-refractivity contribution in [1.82, 2.24) is 0 Å². The molecule has 2 aromatic carbocycles. The van der Waals surface area contributed by atoms with Gasteiger partial charge >= 0.3 is 5.97 Å². The van der Waals surface area contributed by atoms with Crippen molar-refractivity contribution in [3.8, 4) is 0 Å². The molecule has 0 saturated heterocycles. The summed E-state index contributed by atoms with van der Waals surface area (Å²) in [4.78, 5) is 37.0. The van der Waals surface area contributed by atoms with Gasteiger partial charge in [0.15, 0.2) is 6.10 Å². The van der Waals surface area contributed by atoms with E-state index in [1.54, 1.807) is 12.1 Å². The number of hydrogen-bond acceptors (Lipinski definition) is 5. The molecule has 0 fully saturated rings. The number of esters is 1. The molecule has 1 heterocycles. The molecule has 6 nitrogen and oxygen atoms in total. The lowest BCUT2D eigenvalue weighted by Gasteiger charge is -2.18. The van der Waals surface area contributed by atoms with Crippen molar-refractivity contribution in [2.75, 3.05) is 16.4 Å². The van der Waals surface area contributed by atoms with Gasteiger partial charge in [0.1, 0.15) is 0 Å². The number of anilines is 2. The first kappa shape index (κ1) is 20.8. The maximum atomic E-state index is 12.4. The molecule has 28 heavy (non-hydrogen) atoms. The molecule has 0 spiro atoms. The number of fused-ring (bicyclic) bond motifs is 1. The smallest absolute Gasteiger partial charge is 0.338 e. The minimum absolute atomic E-state index is 0.144. The molecule has 1 atom stereocenters. The third-order valence-corrected chi connectivity index (χ3v) is 5.88. The zero-order valence-electron chi connectivity index (χ0n) is 14.3. The van der Waals surface area contributed by atoms with Crippen molar-refractivity contribution >= 4 is 75.7 Å². The van der Waals surface area contributed by atoms with Crippen molar-refractivity contribution in [3.05, 3.63) is 51.0 Å². The fourth-order valence-electron chi connectivity index (χ4n) is 2.34. The van der Waals surface area contributed by atoms with Crippen LogP contribution >= 0.6 is 46.6 Å². The molecule has 2 aromatic rings. The van der Waals surface area contributed by atoms with Crippen LogP contribution in [0.15, 0.2) is 35.2 Å². The van der Waals surface area contributed by atoms with E-state index in [-0.39, 0.29) is 32.2 Å². The summed E-state index contributed by atoms with van der Waals surface area (Å²) in [5.74, 6) is -1.11. The molecule has 2 amide bonds. The predicted molar refractivity (Wildman–Crippen MR) is 111 cm³/mol. The van der Waals surface area contributed by atoms with Gasteiger partial charge in [0.25, 0.3) is 5.91 Å². The summed E-state index contributed by atoms with van der Waals surface area (Å²) in [6.45, 7) is 1.43. The highest BCUT2D eigenvalue weighted by Crippen LogP contribution is 2.33. The van der Waals surface area contributed by atoms with Gasteiger partial charge in [-0.15, -0.1) is 11.8 Å². The Morgan fingerprint density at radius 2 is 1.86 bits per heavy atom. The Morgan fingerprint density at radius 1 is 1.14 bits per heavy atom. The monoisotopic (exact) mass is 458 g/mol. The average Bonchev–Trinajstić information content (AvgIpc) is 2.65. The molecule has 1 aliphatic heterocycles. The summed E-state index contributed by atoms with van der Waals surface area (Å²) < 4.78 is 5.21. The van der Waals surface area contributed by atoms with Crippen molar-refractivity contribution in [1.29, 1.82) is 0 Å². The maximum Gasteiger partial charge on any atom is 0.338 e. The van der Waals surface area contributed by atoms with Crippen molar-refractivity contribution < 1.29 is 19.1 Å². The quantitative estimate of drug-likeness (QED) is 0.503. The lowest BCUT2D eigenvalue weighted by Crippen LogP contribution is -2.30. The first-order chi connectivity index (χ1) is 13.2. The molecule has 0 aromatic heterocycles. The number of nitrogens with one attached hydrogen (secondary N) is 2. The lowest BCUT2D eigenvalue weighted by molar-refractivity contribution is -0.123. The van der Waals surface area contributed by atoms with Crippen LogP contribution in [0.25, 0.3) is 0 Å². The maximum absolute atomic E-state index is 12.4. The zero-order valence-corrected chi connectivity index (χ0v) is 17.4. The van der Waals surface area contributed by atoms with Crippen LogP contribution in [0.4, 0.5) is 11.4 Å². The summed E-state index contributed by atoms with van der Waals surface area (Å²) in [6, 6.07) is 7.62. The molecular formula is C18H13Cl3N2O4S. The molecule has 146 valence electrons. The second-order valence-corrected chi connectivity index (χ2v) is 8.07. The predicted octanol–water partition coefficient (Wildman–Crippen LogP) is 4.88. The minimum Gasteiger partial charge on any atom is -0.449 e. The standard InChI is InChI=1S/C18H13Cl3N2O4S/c1-8(17(25)23-13-6-11(20)10(19)5-12(13)21)27-18(26)9-2-3-15-14(4-9)22-16(24)7-28-15/h2-6,8H,7H2,1H3,(H,22,24)(H,23,25). The highest BCUT2D eigenvalue weighted by Gasteiger charge is 2.22. The fraction of sp³-hybridized carbons (Fsp3) is 0.167. The summed E-state index contributed by atoms with van der Waals surface area (Å²) in [5, 5.41) is 5.91. The van der Waals surface area contributed by atoms with Gasteiger partial charge in [-0.2, -0.15) is 0 Å². The van der Waals surface area contributed by atoms with E-state index in [9.17, 15) is 14.4 Å². The molecule has 1 unspecified atom stereocenters. The largest absolute Gasteiger partial charge is 0.449 e. The van der Waals surface area contributed by atoms with Gasteiger partial charge in [-0.05, 0) is 37.3 Å². The molecule has 10 heteroatoms. The van der Waals surface area contributed by atoms with Crippen LogP contribution in [-0.2, 0) is 14.3 Å². The van der Waals surface area contributed by atoms with E-state index in [1.807, 2.05) is 0 Å². The average molecular weight is 460 g/mol. The second-order valence-electron chi connectivity index (χ2n) is 5.83. The van der Waals surface area contributed by atoms with Gasteiger partial charge in [-0.25, -0.2) is 4.79 Å². The van der Waals surface area contributed by atoms with E-state index >= 15 is 0 Å². The molecular weight excluding hydrogens is 447 g/mol. The summed E-state index contributed by atoms with van der Waals surface area (Å²) in [7, 11) is 0. The zero-order chi connectivity index (χ0) is 20.4. The second kappa shape index (κ2) is 8.61. The Bertz CT molecular complexity index is 984. The summed E-state index contributed by atoms with van der Waals surface area (Å²) in [6.07, 6.45) is -1.10. The van der Waals surface area contributed by atoms with E-state index in [4.69, 9.17) is 39.5 Å². The van der Waals surface area contributed by atoms with Crippen LogP contribution in [0.3, 0.4) is 0 Å². The number of rotatable bonds is 4. The molecule has 2 N–H and O–H groups in total. The van der Waals surface area contributed by atoms with Crippen LogP contribution in [0.1, 0.15) is 17.3 Å². The van der Waals surface area contributed by atoms with E-state index in [0.717, 1.165) is 4.90 Å². The molecule has 1 aliphatic rings. The van der Waals surface area contributed by atoms with Gasteiger partial charge in [0.2, 0.25) is 5.91 Å². The van der Waals surface area contributed by atoms with E-state index in [2.05, 4.69) is 10.6 Å². The fourth-order valence-corrected chi connectivity index (χ4v) is 3.73. The normalized spacial score (nSPS) is 13.9. The van der Waals surface area contributed by atoms with Crippen molar-refractivity contribution in [2.24, 2.45) is 0 Å². The van der Waals surface area contributed by atoms with Crippen LogP contribution in [-0.4, -0.2) is 29.6 Å². The van der Waals surface area contributed by atoms with Crippen molar-refractivity contribution in [2.45, 2.75) is 17.9 Å². The van der Waals surface area contributed by atoms with Gasteiger partial charge in [0, 0.05) is 4.90 Å². The molecule has 3 rings (SSSR count). The highest BCUT2D eigenvalue weighted by molar-refractivity contribution is 8.00. The van der Waals surface area contributed by atoms with Crippen LogP contribution in [0.2, 0.25) is 15.1 Å². The number of halogens is 3. The Balaban J connectivity index is 1.67. The topological polar surface area (TPSA) is 84.5 Å². The molecule has 0 bridgehead atoms. The Kier molecular flexibility index (Phi) is 6.40. The SMILES string of the molecule is CC(OC(=O)c1ccc2c(c1)NC(=O)CS2)C(=O)Nc1cc(Cl)c(Cl)cc1Cl. The minimum atomic E-state index is -1.10. The number of carbonyl (C=O) groups excluding carboxylic acids is 3. The molecule has 0 radical (unpaired) electrons. The first-order valence-corrected chi connectivity index (χ1v) is 10.1. The first-order valence-electron chi connectivity index (χ1n) is 7.97. The Hall–Kier alpha value is -1.93. The number of ether oxygens (including phenoxy) is 1. The third kappa shape index (κ3) is 4.72. The number of carbonyl (C=O) groups is 3. The Labute approximate surface area is 179 Å². The van der Waals surface area contributed by atoms with E-state index in [1.165, 1.54) is 36.9 Å². The van der Waals surface area contributed by atoms with Gasteiger partial charge < -0.3 is 15.4 Å². The van der Waals surface area contributed by atoms with Gasteiger partial charge in [-0.1, -0.05) is 34.8 Å². The number of amides is 2. The molecule has 0 saturated carbocycles. The third-order valence-electron chi connectivity index (χ3n) is 3.77. The number of benzene rings is 2. The van der Waals surface area contributed by atoms with Gasteiger partial charge in [0.05, 0.1) is 37.8 Å². The summed E-state index contributed by atoms with van der Waals surface area (Å²) >= 11 is 19.2. The highest BCUT2D eigenvalue weighted by atomic mass is 35.5. The van der Waals surface area contributed by atoms with Crippen LogP contribution in [0, 0.1) is 0 Å². The van der Waals surface area contributed by atoms with E-state index in [0.29, 0.717) is 11.4 Å². The summed E-state index contributed by atoms with van der Waals surface area (Å²) in [5.41, 5.74) is 1.00. The van der Waals surface area contributed by atoms with Gasteiger partial charge in [-0.3, -0.25) is 9.59 Å². The van der Waals surface area contributed by atoms with E-state index < -0.39 is 18.0 Å². The number of hydrogen-bond donors (Lipinski definition) is 2. The van der Waals surface area contributed by atoms with Crippen LogP contribution in [0.5, 0.6) is 0 Å². The van der Waals surface area contributed by atoms with Crippen LogP contribution < -0.4 is 10.6 Å². The lowest BCUT2D eigenvalue weighted by atomic mass is 10.2.